The van der Waals surface area contributed by atoms with Crippen molar-refractivity contribution in [2.45, 2.75) is 26.3 Å². The Labute approximate surface area is 386 Å². The van der Waals surface area contributed by atoms with Crippen molar-refractivity contribution in [2.24, 2.45) is 42.3 Å². The Balaban J connectivity index is 0.796. The highest BCUT2D eigenvalue weighted by Gasteiger charge is 2.36. The predicted molar refractivity (Wildman–Crippen MR) is 255 cm³/mol. The molecule has 0 spiro atoms. The van der Waals surface area contributed by atoms with Crippen LogP contribution in [0.1, 0.15) is 64.5 Å². The molecule has 2 N–H and O–H groups in total. The number of aryl methyl sites for hydroxylation is 4. The van der Waals surface area contributed by atoms with Crippen LogP contribution in [0.2, 0.25) is 0 Å². The number of fused-ring (bicyclic) bond motifs is 6. The molecule has 8 heterocycles. The highest BCUT2D eigenvalue weighted by Crippen LogP contribution is 2.41. The molecule has 0 aliphatic carbocycles. The molecule has 2 amide bonds. The molecule has 67 heavy (non-hydrogen) atoms. The van der Waals surface area contributed by atoms with Crippen molar-refractivity contribution < 1.29 is 28.7 Å². The van der Waals surface area contributed by atoms with E-state index in [-0.39, 0.29) is 25.0 Å². The number of aromatic nitrogens is 6. The number of amides is 2. The first-order valence-electron chi connectivity index (χ1n) is 21.9. The SMILES string of the molecule is Cn1cc(-c2cc(NC(=O)c3cc4c(n3C)CN3CN4Cc4c3cc(C(=O)Nc3cc(-c5cc(C(=O)OCc6ccccc6)n(C)c5)n(C)c3)n4C)cn2C)cc1C(=O)OCc1ccccc1. The summed E-state index contributed by atoms with van der Waals surface area (Å²) >= 11 is 0. The number of hydrogen-bond acceptors (Lipinski definition) is 8. The van der Waals surface area contributed by atoms with E-state index in [4.69, 9.17) is 9.47 Å². The van der Waals surface area contributed by atoms with Gasteiger partial charge in [-0.25, -0.2) is 9.59 Å². The van der Waals surface area contributed by atoms with E-state index in [1.54, 1.807) is 21.3 Å². The number of rotatable bonds is 12. The number of hydrogen-bond donors (Lipinski definition) is 2. The molecule has 0 saturated carbocycles. The van der Waals surface area contributed by atoms with Gasteiger partial charge in [0, 0.05) is 78.2 Å². The fourth-order valence-electron chi connectivity index (χ4n) is 9.24. The fraction of sp³-hybridized carbons (Fsp3) is 0.216. The van der Waals surface area contributed by atoms with Gasteiger partial charge < -0.3 is 57.3 Å². The quantitative estimate of drug-likeness (QED) is 0.120. The number of nitrogens with one attached hydrogen (secondary N) is 2. The maximum absolute atomic E-state index is 13.9. The summed E-state index contributed by atoms with van der Waals surface area (Å²) in [6.45, 7) is 2.07. The third kappa shape index (κ3) is 7.96. The molecule has 10 rings (SSSR count). The summed E-state index contributed by atoms with van der Waals surface area (Å²) in [6.07, 6.45) is 7.45. The summed E-state index contributed by atoms with van der Waals surface area (Å²) in [7, 11) is 11.2. The lowest BCUT2D eigenvalue weighted by molar-refractivity contribution is 0.0453. The molecule has 2 aromatic carbocycles. The Hall–Kier alpha value is -8.40. The van der Waals surface area contributed by atoms with Crippen LogP contribution in [0.3, 0.4) is 0 Å². The zero-order chi connectivity index (χ0) is 46.7. The van der Waals surface area contributed by atoms with E-state index in [0.717, 1.165) is 56.4 Å². The van der Waals surface area contributed by atoms with Gasteiger partial charge in [-0.2, -0.15) is 0 Å². The van der Waals surface area contributed by atoms with Crippen molar-refractivity contribution in [2.75, 3.05) is 27.1 Å². The lowest BCUT2D eigenvalue weighted by atomic mass is 10.1. The second-order valence-electron chi connectivity index (χ2n) is 17.3. The van der Waals surface area contributed by atoms with Crippen LogP contribution in [0.15, 0.2) is 122 Å². The van der Waals surface area contributed by atoms with Gasteiger partial charge in [0.25, 0.3) is 11.8 Å². The van der Waals surface area contributed by atoms with E-state index < -0.39 is 11.9 Å². The zero-order valence-corrected chi connectivity index (χ0v) is 38.1. The summed E-state index contributed by atoms with van der Waals surface area (Å²) in [5.74, 6) is -1.32. The van der Waals surface area contributed by atoms with Crippen LogP contribution in [-0.2, 0) is 78.1 Å². The smallest absolute Gasteiger partial charge is 0.355 e. The number of nitrogens with zero attached hydrogens (tertiary/aromatic N) is 8. The minimum atomic E-state index is -0.419. The fourth-order valence-corrected chi connectivity index (χ4v) is 9.24. The molecule has 0 atom stereocenters. The molecule has 2 aliphatic heterocycles. The number of benzene rings is 2. The summed E-state index contributed by atoms with van der Waals surface area (Å²) in [5.41, 5.74) is 12.2. The topological polar surface area (TPSA) is 147 Å². The normalized spacial score (nSPS) is 12.7. The van der Waals surface area contributed by atoms with Gasteiger partial charge in [-0.15, -0.1) is 0 Å². The second kappa shape index (κ2) is 16.9. The van der Waals surface area contributed by atoms with Crippen LogP contribution in [0.5, 0.6) is 0 Å². The van der Waals surface area contributed by atoms with Gasteiger partial charge in [0.05, 0.1) is 65.3 Å². The van der Waals surface area contributed by atoms with Crippen LogP contribution in [0, 0.1) is 0 Å². The van der Waals surface area contributed by atoms with Gasteiger partial charge >= 0.3 is 11.9 Å². The number of esters is 2. The standard InChI is InChI=1S/C51H50N10O6/c1-54-23-34(17-44(54)50(64)66-29-32-13-9-7-10-14-32)38-19-36(25-56(38)3)52-48(62)42-21-40-46(58(42)5)27-61-31-60(40)28-47-41(61)22-43(59(47)6)49(63)53-37-20-39(57(4)26-37)35-18-45(55(2)24-35)51(65)67-30-33-15-11-8-12-16-33/h7-26H,27-31H2,1-6H3,(H,52,62)(H,53,63). The van der Waals surface area contributed by atoms with Gasteiger partial charge in [0.1, 0.15) is 36.0 Å². The molecule has 16 nitrogen and oxygen atoms in total. The summed E-state index contributed by atoms with van der Waals surface area (Å²) in [5, 5.41) is 6.19. The molecule has 0 radical (unpaired) electrons. The first-order valence-corrected chi connectivity index (χ1v) is 21.9. The van der Waals surface area contributed by atoms with Crippen LogP contribution < -0.4 is 20.4 Å². The van der Waals surface area contributed by atoms with Gasteiger partial charge in [-0.1, -0.05) is 60.7 Å². The molecule has 6 aromatic heterocycles. The lowest BCUT2D eigenvalue weighted by Gasteiger charge is -2.42. The summed E-state index contributed by atoms with van der Waals surface area (Å²) in [6, 6.07) is 30.4. The highest BCUT2D eigenvalue weighted by molar-refractivity contribution is 6.06. The lowest BCUT2D eigenvalue weighted by Crippen LogP contribution is -2.46. The minimum absolute atomic E-state index is 0.181. The zero-order valence-electron chi connectivity index (χ0n) is 38.1. The van der Waals surface area contributed by atoms with Crippen molar-refractivity contribution in [3.05, 3.63) is 167 Å². The van der Waals surface area contributed by atoms with Gasteiger partial charge in [-0.05, 0) is 47.5 Å². The Morgan fingerprint density at radius 2 is 0.896 bits per heavy atom. The Morgan fingerprint density at radius 1 is 0.493 bits per heavy atom. The van der Waals surface area contributed by atoms with Gasteiger partial charge in [0.15, 0.2) is 0 Å². The van der Waals surface area contributed by atoms with Crippen LogP contribution in [0.4, 0.5) is 22.7 Å². The molecule has 0 saturated heterocycles. The average Bonchev–Trinajstić information content (AvgIpc) is 4.18. The molecule has 2 bridgehead atoms. The van der Waals surface area contributed by atoms with E-state index in [0.29, 0.717) is 53.9 Å². The van der Waals surface area contributed by atoms with Crippen LogP contribution in [0.25, 0.3) is 22.5 Å². The molecule has 8 aromatic rings. The number of ether oxygens (including phenoxy) is 2. The number of carbonyl (C=O) groups is 4. The van der Waals surface area contributed by atoms with Crippen molar-refractivity contribution in [3.63, 3.8) is 0 Å². The number of anilines is 4. The molecule has 2 aliphatic rings. The Kier molecular flexibility index (Phi) is 10.7. The van der Waals surface area contributed by atoms with Crippen molar-refractivity contribution in [1.29, 1.82) is 0 Å². The summed E-state index contributed by atoms with van der Waals surface area (Å²) < 4.78 is 22.4. The number of carbonyl (C=O) groups excluding carboxylic acids is 4. The molecule has 0 unspecified atom stereocenters. The Bertz CT molecular complexity index is 3020. The van der Waals surface area contributed by atoms with Crippen LogP contribution >= 0.6 is 0 Å². The van der Waals surface area contributed by atoms with E-state index in [9.17, 15) is 19.2 Å². The Morgan fingerprint density at radius 3 is 1.30 bits per heavy atom. The second-order valence-corrected chi connectivity index (χ2v) is 17.3. The van der Waals surface area contributed by atoms with Crippen LogP contribution in [-0.4, -0.2) is 57.8 Å². The van der Waals surface area contributed by atoms with Gasteiger partial charge in [-0.3, -0.25) is 9.59 Å². The van der Waals surface area contributed by atoms with Crippen molar-refractivity contribution in [3.8, 4) is 22.5 Å². The van der Waals surface area contributed by atoms with E-state index in [1.807, 2.05) is 170 Å². The maximum Gasteiger partial charge on any atom is 0.355 e. The molecule has 340 valence electrons. The summed E-state index contributed by atoms with van der Waals surface area (Å²) in [4.78, 5) is 58.3. The van der Waals surface area contributed by atoms with E-state index >= 15 is 0 Å². The first kappa shape index (κ1) is 42.5. The van der Waals surface area contributed by atoms with E-state index in [1.165, 1.54) is 0 Å². The highest BCUT2D eigenvalue weighted by atomic mass is 16.5. The third-order valence-electron chi connectivity index (χ3n) is 12.8. The largest absolute Gasteiger partial charge is 0.456 e. The molecule has 0 fully saturated rings. The monoisotopic (exact) mass is 898 g/mol. The average molecular weight is 899 g/mol. The minimum Gasteiger partial charge on any atom is -0.456 e. The van der Waals surface area contributed by atoms with Crippen molar-refractivity contribution >= 4 is 46.5 Å². The molecular weight excluding hydrogens is 849 g/mol. The maximum atomic E-state index is 13.9. The molecular formula is C51H50N10O6. The first-order chi connectivity index (χ1) is 32.3. The van der Waals surface area contributed by atoms with Gasteiger partial charge in [0.2, 0.25) is 0 Å². The predicted octanol–water partition coefficient (Wildman–Crippen LogP) is 7.57. The van der Waals surface area contributed by atoms with E-state index in [2.05, 4.69) is 20.4 Å². The molecule has 16 heteroatoms. The third-order valence-corrected chi connectivity index (χ3v) is 12.8. The van der Waals surface area contributed by atoms with Crippen molar-refractivity contribution in [1.82, 2.24) is 27.4 Å².